The van der Waals surface area contributed by atoms with E-state index in [1.165, 1.54) is 0 Å². The molecule has 0 saturated heterocycles. The third-order valence-corrected chi connectivity index (χ3v) is 6.18. The van der Waals surface area contributed by atoms with E-state index in [9.17, 15) is 9.59 Å². The van der Waals surface area contributed by atoms with Crippen LogP contribution in [0.2, 0.25) is 0 Å². The molecule has 1 aliphatic heterocycles. The minimum absolute atomic E-state index is 0.185. The quantitative estimate of drug-likeness (QED) is 0.692. The Morgan fingerprint density at radius 3 is 2.47 bits per heavy atom. The molecule has 0 radical (unpaired) electrons. The van der Waals surface area contributed by atoms with Gasteiger partial charge in [0.2, 0.25) is 0 Å². The van der Waals surface area contributed by atoms with Crippen LogP contribution in [0.25, 0.3) is 0 Å². The van der Waals surface area contributed by atoms with Crippen LogP contribution in [0.15, 0.2) is 54.6 Å². The molecule has 2 aliphatic rings. The van der Waals surface area contributed by atoms with E-state index in [2.05, 4.69) is 10.6 Å². The summed E-state index contributed by atoms with van der Waals surface area (Å²) in [5.41, 5.74) is 1.86. The molecular weight excluding hydrogens is 380 g/mol. The first-order valence-corrected chi connectivity index (χ1v) is 10.6. The maximum absolute atomic E-state index is 13.1. The zero-order chi connectivity index (χ0) is 21.1. The van der Waals surface area contributed by atoms with Crippen LogP contribution >= 0.6 is 0 Å². The summed E-state index contributed by atoms with van der Waals surface area (Å²) < 4.78 is 10.9. The number of benzene rings is 2. The van der Waals surface area contributed by atoms with Crippen LogP contribution in [0.5, 0.6) is 0 Å². The Morgan fingerprint density at radius 2 is 1.77 bits per heavy atom. The Morgan fingerprint density at radius 1 is 1.07 bits per heavy atom. The molecule has 1 saturated carbocycles. The predicted molar refractivity (Wildman–Crippen MR) is 114 cm³/mol. The summed E-state index contributed by atoms with van der Waals surface area (Å²) in [6.07, 6.45) is 1.42. The molecule has 6 nitrogen and oxygen atoms in total. The number of carbonyl (C=O) groups excluding carboxylic acids is 2. The second kappa shape index (κ2) is 8.38. The van der Waals surface area contributed by atoms with Gasteiger partial charge in [-0.3, -0.25) is 0 Å². The van der Waals surface area contributed by atoms with Crippen LogP contribution < -0.4 is 10.6 Å². The number of esters is 1. The molecule has 4 rings (SSSR count). The van der Waals surface area contributed by atoms with Gasteiger partial charge in [0.05, 0.1) is 12.6 Å². The van der Waals surface area contributed by atoms with Gasteiger partial charge in [0, 0.05) is 11.6 Å². The molecule has 3 unspecified atom stereocenters. The molecule has 1 fully saturated rings. The van der Waals surface area contributed by atoms with Crippen molar-refractivity contribution in [1.82, 2.24) is 5.32 Å². The highest BCUT2D eigenvalue weighted by Crippen LogP contribution is 2.53. The van der Waals surface area contributed by atoms with Gasteiger partial charge >= 0.3 is 12.1 Å². The summed E-state index contributed by atoms with van der Waals surface area (Å²) in [7, 11) is 0. The molecule has 6 heteroatoms. The number of hydrogen-bond acceptors (Lipinski definition) is 5. The maximum atomic E-state index is 13.1. The Bertz CT molecular complexity index is 912. The fraction of sp³-hybridized carbons (Fsp3) is 0.417. The van der Waals surface area contributed by atoms with Crippen LogP contribution in [0, 0.1) is 11.8 Å². The molecule has 3 atom stereocenters. The standard InChI is InChI=1S/C24H28N2O4/c1-3-29-22(27)24(18-13-14-18)16(2)21(19-11-7-8-12-20(19)26-24)25-23(28)30-15-17-9-5-4-6-10-17/h4-12,16,18,21,26H,3,13-15H2,1-2H3,(H,25,28). The number of carbonyl (C=O) groups is 2. The minimum atomic E-state index is -0.859. The number of hydrogen-bond donors (Lipinski definition) is 2. The summed E-state index contributed by atoms with van der Waals surface area (Å²) in [5.74, 6) is -0.272. The van der Waals surface area contributed by atoms with Crippen LogP contribution in [0.1, 0.15) is 43.9 Å². The third-order valence-electron chi connectivity index (χ3n) is 6.18. The van der Waals surface area contributed by atoms with Crippen molar-refractivity contribution in [1.29, 1.82) is 0 Å². The molecule has 1 amide bonds. The molecule has 2 aromatic rings. The Balaban J connectivity index is 1.59. The average molecular weight is 408 g/mol. The average Bonchev–Trinajstić information content (AvgIpc) is 3.61. The normalized spacial score (nSPS) is 24.9. The van der Waals surface area contributed by atoms with Gasteiger partial charge < -0.3 is 20.1 Å². The third kappa shape index (κ3) is 3.74. The van der Waals surface area contributed by atoms with Crippen LogP contribution in [-0.2, 0) is 20.9 Å². The summed E-state index contributed by atoms with van der Waals surface area (Å²) in [5, 5.41) is 6.52. The number of ether oxygens (including phenoxy) is 2. The number of fused-ring (bicyclic) bond motifs is 1. The minimum Gasteiger partial charge on any atom is -0.464 e. The predicted octanol–water partition coefficient (Wildman–Crippen LogP) is 4.43. The maximum Gasteiger partial charge on any atom is 0.407 e. The summed E-state index contributed by atoms with van der Waals surface area (Å²) in [4.78, 5) is 25.8. The summed E-state index contributed by atoms with van der Waals surface area (Å²) >= 11 is 0. The molecule has 30 heavy (non-hydrogen) atoms. The van der Waals surface area contributed by atoms with E-state index in [1.807, 2.05) is 68.4 Å². The lowest BCUT2D eigenvalue weighted by Crippen LogP contribution is -2.60. The van der Waals surface area contributed by atoms with E-state index < -0.39 is 11.6 Å². The van der Waals surface area contributed by atoms with Crippen molar-refractivity contribution in [2.45, 2.75) is 44.9 Å². The van der Waals surface area contributed by atoms with Gasteiger partial charge in [-0.05, 0) is 42.9 Å². The van der Waals surface area contributed by atoms with Gasteiger partial charge in [-0.25, -0.2) is 9.59 Å². The van der Waals surface area contributed by atoms with E-state index in [1.54, 1.807) is 0 Å². The Kier molecular flexibility index (Phi) is 5.66. The molecule has 0 aromatic heterocycles. The first kappa shape index (κ1) is 20.3. The molecule has 2 aromatic carbocycles. The Labute approximate surface area is 177 Å². The van der Waals surface area contributed by atoms with Gasteiger partial charge in [-0.2, -0.15) is 0 Å². The zero-order valence-electron chi connectivity index (χ0n) is 17.4. The van der Waals surface area contributed by atoms with Crippen molar-refractivity contribution >= 4 is 17.7 Å². The van der Waals surface area contributed by atoms with E-state index >= 15 is 0 Å². The second-order valence-corrected chi connectivity index (χ2v) is 8.05. The Hall–Kier alpha value is -3.02. The topological polar surface area (TPSA) is 76.7 Å². The van der Waals surface area contributed by atoms with Gasteiger partial charge in [0.25, 0.3) is 0 Å². The van der Waals surface area contributed by atoms with Gasteiger partial charge in [0.15, 0.2) is 0 Å². The number of alkyl carbamates (subject to hydrolysis) is 1. The van der Waals surface area contributed by atoms with Gasteiger partial charge in [-0.1, -0.05) is 55.5 Å². The molecule has 2 N–H and O–H groups in total. The first-order valence-electron chi connectivity index (χ1n) is 10.6. The molecule has 1 aliphatic carbocycles. The van der Waals surface area contributed by atoms with Crippen LogP contribution in [0.3, 0.4) is 0 Å². The van der Waals surface area contributed by atoms with Gasteiger partial charge in [0.1, 0.15) is 12.1 Å². The lowest BCUT2D eigenvalue weighted by molar-refractivity contribution is -0.152. The van der Waals surface area contributed by atoms with Crippen molar-refractivity contribution in [2.75, 3.05) is 11.9 Å². The fourth-order valence-electron chi connectivity index (χ4n) is 4.51. The van der Waals surface area contributed by atoms with Crippen molar-refractivity contribution in [3.05, 3.63) is 65.7 Å². The molecule has 158 valence electrons. The van der Waals surface area contributed by atoms with E-state index in [0.717, 1.165) is 29.7 Å². The zero-order valence-corrected chi connectivity index (χ0v) is 17.4. The molecule has 1 heterocycles. The smallest absolute Gasteiger partial charge is 0.407 e. The highest BCUT2D eigenvalue weighted by molar-refractivity contribution is 5.88. The highest BCUT2D eigenvalue weighted by Gasteiger charge is 2.60. The molecular formula is C24H28N2O4. The van der Waals surface area contributed by atoms with Crippen LogP contribution in [0.4, 0.5) is 10.5 Å². The number of nitrogens with one attached hydrogen (secondary N) is 2. The van der Waals surface area contributed by atoms with E-state index in [-0.39, 0.29) is 30.5 Å². The summed E-state index contributed by atoms with van der Waals surface area (Å²) in [6.45, 7) is 4.33. The van der Waals surface area contributed by atoms with Crippen LogP contribution in [-0.4, -0.2) is 24.2 Å². The van der Waals surface area contributed by atoms with Crippen molar-refractivity contribution in [2.24, 2.45) is 11.8 Å². The molecule has 0 spiro atoms. The van der Waals surface area contributed by atoms with E-state index in [4.69, 9.17) is 9.47 Å². The number of para-hydroxylation sites is 1. The lowest BCUT2D eigenvalue weighted by atomic mass is 9.71. The molecule has 0 bridgehead atoms. The van der Waals surface area contributed by atoms with Crippen molar-refractivity contribution in [3.8, 4) is 0 Å². The van der Waals surface area contributed by atoms with Gasteiger partial charge in [-0.15, -0.1) is 0 Å². The monoisotopic (exact) mass is 408 g/mol. The number of anilines is 1. The number of rotatable bonds is 6. The summed E-state index contributed by atoms with van der Waals surface area (Å²) in [6, 6.07) is 17.0. The first-order chi connectivity index (χ1) is 14.6. The van der Waals surface area contributed by atoms with Crippen molar-refractivity contribution in [3.63, 3.8) is 0 Å². The SMILES string of the molecule is CCOC(=O)C1(C2CC2)Nc2ccccc2C(NC(=O)OCc2ccccc2)C1C. The van der Waals surface area contributed by atoms with Crippen molar-refractivity contribution < 1.29 is 19.1 Å². The highest BCUT2D eigenvalue weighted by atomic mass is 16.5. The lowest BCUT2D eigenvalue weighted by Gasteiger charge is -2.47. The fourth-order valence-corrected chi connectivity index (χ4v) is 4.51. The van der Waals surface area contributed by atoms with E-state index in [0.29, 0.717) is 6.61 Å². The second-order valence-electron chi connectivity index (χ2n) is 8.05. The largest absolute Gasteiger partial charge is 0.464 e. The number of amides is 1.